The minimum absolute atomic E-state index is 0.0928. The first-order valence-electron chi connectivity index (χ1n) is 7.54. The van der Waals surface area contributed by atoms with E-state index in [4.69, 9.17) is 0 Å². The van der Waals surface area contributed by atoms with Crippen molar-refractivity contribution >= 4 is 22.6 Å². The lowest BCUT2D eigenvalue weighted by Gasteiger charge is -2.31. The van der Waals surface area contributed by atoms with Crippen molar-refractivity contribution in [2.45, 2.75) is 31.7 Å². The molecule has 1 fully saturated rings. The summed E-state index contributed by atoms with van der Waals surface area (Å²) in [4.78, 5) is 18.8. The fourth-order valence-corrected chi connectivity index (χ4v) is 3.03. The molecule has 0 aliphatic carbocycles. The van der Waals surface area contributed by atoms with E-state index in [0.29, 0.717) is 12.5 Å². The van der Waals surface area contributed by atoms with Crippen LogP contribution in [0.4, 0.5) is 5.69 Å². The number of carbonyl (C=O) groups is 1. The van der Waals surface area contributed by atoms with Gasteiger partial charge in [-0.25, -0.2) is 4.98 Å². The number of likely N-dealkylation sites (tertiary alicyclic amines) is 1. The highest BCUT2D eigenvalue weighted by molar-refractivity contribution is 5.93. The molecule has 1 aromatic carbocycles. The van der Waals surface area contributed by atoms with Crippen molar-refractivity contribution in [2.75, 3.05) is 18.9 Å². The van der Waals surface area contributed by atoms with Gasteiger partial charge in [0.2, 0.25) is 5.91 Å². The summed E-state index contributed by atoms with van der Waals surface area (Å²) in [5.41, 5.74) is 2.82. The lowest BCUT2D eigenvalue weighted by atomic mass is 10.00. The molecule has 1 N–H and O–H groups in total. The maximum atomic E-state index is 12.2. The van der Waals surface area contributed by atoms with Gasteiger partial charge in [0.1, 0.15) is 0 Å². The topological polar surface area (TPSA) is 50.2 Å². The third-order valence-corrected chi connectivity index (χ3v) is 4.35. The Kier molecular flexibility index (Phi) is 3.92. The maximum Gasteiger partial charge on any atom is 0.225 e. The average Bonchev–Trinajstić information content (AvgIpc) is 2.83. The van der Waals surface area contributed by atoms with E-state index >= 15 is 0 Å². The Balaban J connectivity index is 1.66. The van der Waals surface area contributed by atoms with Crippen LogP contribution in [0, 0.1) is 0 Å². The number of aryl methyl sites for hydroxylation is 1. The second kappa shape index (κ2) is 5.85. The Morgan fingerprint density at radius 2 is 2.24 bits per heavy atom. The van der Waals surface area contributed by atoms with E-state index in [9.17, 15) is 4.79 Å². The Bertz CT molecular complexity index is 649. The number of fused-ring (bicyclic) bond motifs is 1. The van der Waals surface area contributed by atoms with Crippen LogP contribution in [0.15, 0.2) is 24.5 Å². The predicted molar refractivity (Wildman–Crippen MR) is 84.2 cm³/mol. The number of imidazole rings is 1. The molecule has 0 unspecified atom stereocenters. The number of nitrogens with one attached hydrogen (secondary N) is 1. The first-order valence-corrected chi connectivity index (χ1v) is 7.54. The number of hydrogen-bond donors (Lipinski definition) is 1. The normalized spacial score (nSPS) is 19.8. The van der Waals surface area contributed by atoms with Crippen molar-refractivity contribution < 1.29 is 4.79 Å². The van der Waals surface area contributed by atoms with E-state index < -0.39 is 0 Å². The van der Waals surface area contributed by atoms with Gasteiger partial charge in [-0.2, -0.15) is 0 Å². The van der Waals surface area contributed by atoms with Crippen LogP contribution in [0.3, 0.4) is 0 Å². The minimum atomic E-state index is 0.0928. The molecular weight excluding hydrogens is 264 g/mol. The fraction of sp³-hybridized carbons (Fsp3) is 0.500. The van der Waals surface area contributed by atoms with Crippen molar-refractivity contribution in [3.05, 3.63) is 24.5 Å². The van der Waals surface area contributed by atoms with Gasteiger partial charge in [-0.15, -0.1) is 0 Å². The molecule has 1 aliphatic heterocycles. The zero-order valence-electron chi connectivity index (χ0n) is 12.7. The van der Waals surface area contributed by atoms with Crippen LogP contribution in [0.5, 0.6) is 0 Å². The third kappa shape index (κ3) is 3.08. The third-order valence-electron chi connectivity index (χ3n) is 4.35. The van der Waals surface area contributed by atoms with Crippen LogP contribution in [0.1, 0.15) is 25.7 Å². The van der Waals surface area contributed by atoms with Crippen LogP contribution in [-0.4, -0.2) is 40.0 Å². The standard InChI is InChI=1S/C16H22N4O/c1-19-8-4-3-5-13(19)10-16(21)18-12-6-7-14-15(9-12)20(2)11-17-14/h6-7,9,11,13H,3-5,8,10H2,1-2H3,(H,18,21)/t13-/m1/s1. The number of amides is 1. The lowest BCUT2D eigenvalue weighted by molar-refractivity contribution is -0.117. The summed E-state index contributed by atoms with van der Waals surface area (Å²) in [7, 11) is 4.07. The van der Waals surface area contributed by atoms with Crippen molar-refractivity contribution in [1.82, 2.24) is 14.5 Å². The number of hydrogen-bond acceptors (Lipinski definition) is 3. The molecule has 1 aromatic heterocycles. The second-order valence-electron chi connectivity index (χ2n) is 5.94. The van der Waals surface area contributed by atoms with Crippen LogP contribution >= 0.6 is 0 Å². The summed E-state index contributed by atoms with van der Waals surface area (Å²) < 4.78 is 1.96. The Labute approximate surface area is 125 Å². The number of benzene rings is 1. The first kappa shape index (κ1) is 14.1. The molecule has 0 radical (unpaired) electrons. The van der Waals surface area contributed by atoms with Gasteiger partial charge in [0.15, 0.2) is 0 Å². The predicted octanol–water partition coefficient (Wildman–Crippen LogP) is 2.39. The van der Waals surface area contributed by atoms with Gasteiger partial charge in [0, 0.05) is 25.2 Å². The Morgan fingerprint density at radius 1 is 1.38 bits per heavy atom. The van der Waals surface area contributed by atoms with Crippen molar-refractivity contribution in [1.29, 1.82) is 0 Å². The van der Waals surface area contributed by atoms with E-state index in [1.54, 1.807) is 6.33 Å². The second-order valence-corrected chi connectivity index (χ2v) is 5.94. The van der Waals surface area contributed by atoms with Crippen molar-refractivity contribution in [3.63, 3.8) is 0 Å². The molecule has 2 aromatic rings. The molecule has 0 spiro atoms. The number of aromatic nitrogens is 2. The number of rotatable bonds is 3. The van der Waals surface area contributed by atoms with Crippen LogP contribution in [0.2, 0.25) is 0 Å². The molecule has 1 saturated heterocycles. The molecule has 5 nitrogen and oxygen atoms in total. The highest BCUT2D eigenvalue weighted by atomic mass is 16.1. The van der Waals surface area contributed by atoms with E-state index in [2.05, 4.69) is 22.2 Å². The highest BCUT2D eigenvalue weighted by Gasteiger charge is 2.21. The van der Waals surface area contributed by atoms with Gasteiger partial charge in [-0.3, -0.25) is 4.79 Å². The van der Waals surface area contributed by atoms with Gasteiger partial charge in [-0.1, -0.05) is 6.42 Å². The zero-order chi connectivity index (χ0) is 14.8. The van der Waals surface area contributed by atoms with Gasteiger partial charge in [-0.05, 0) is 44.6 Å². The van der Waals surface area contributed by atoms with E-state index in [0.717, 1.165) is 29.7 Å². The molecule has 0 bridgehead atoms. The van der Waals surface area contributed by atoms with Gasteiger partial charge in [0.25, 0.3) is 0 Å². The van der Waals surface area contributed by atoms with Crippen LogP contribution in [0.25, 0.3) is 11.0 Å². The first-order chi connectivity index (χ1) is 10.1. The van der Waals surface area contributed by atoms with Crippen LogP contribution in [-0.2, 0) is 11.8 Å². The number of piperidine rings is 1. The molecule has 21 heavy (non-hydrogen) atoms. The number of carbonyl (C=O) groups excluding carboxylic acids is 1. The summed E-state index contributed by atoms with van der Waals surface area (Å²) in [5, 5.41) is 3.01. The van der Waals surface area contributed by atoms with E-state index in [1.807, 2.05) is 29.8 Å². The molecule has 1 aliphatic rings. The summed E-state index contributed by atoms with van der Waals surface area (Å²) >= 11 is 0. The zero-order valence-corrected chi connectivity index (χ0v) is 12.7. The smallest absolute Gasteiger partial charge is 0.225 e. The highest BCUT2D eigenvalue weighted by Crippen LogP contribution is 2.20. The fourth-order valence-electron chi connectivity index (χ4n) is 3.03. The molecule has 2 heterocycles. The van der Waals surface area contributed by atoms with Crippen molar-refractivity contribution in [2.24, 2.45) is 7.05 Å². The summed E-state index contributed by atoms with van der Waals surface area (Å²) in [6.07, 6.45) is 5.94. The molecule has 5 heteroatoms. The number of nitrogens with zero attached hydrogens (tertiary/aromatic N) is 3. The monoisotopic (exact) mass is 286 g/mol. The van der Waals surface area contributed by atoms with Gasteiger partial charge >= 0.3 is 0 Å². The molecule has 112 valence electrons. The molecule has 1 amide bonds. The lowest BCUT2D eigenvalue weighted by Crippen LogP contribution is -2.38. The molecular formula is C16H22N4O. The van der Waals surface area contributed by atoms with Crippen molar-refractivity contribution in [3.8, 4) is 0 Å². The van der Waals surface area contributed by atoms with E-state index in [1.165, 1.54) is 12.8 Å². The minimum Gasteiger partial charge on any atom is -0.334 e. The maximum absolute atomic E-state index is 12.2. The van der Waals surface area contributed by atoms with E-state index in [-0.39, 0.29) is 5.91 Å². The summed E-state index contributed by atoms with van der Waals surface area (Å²) in [6, 6.07) is 6.21. The quantitative estimate of drug-likeness (QED) is 0.942. The van der Waals surface area contributed by atoms with Gasteiger partial charge < -0.3 is 14.8 Å². The summed E-state index contributed by atoms with van der Waals surface area (Å²) in [6.45, 7) is 1.10. The molecule has 3 rings (SSSR count). The number of anilines is 1. The molecule has 1 atom stereocenters. The summed E-state index contributed by atoms with van der Waals surface area (Å²) in [5.74, 6) is 0.0928. The van der Waals surface area contributed by atoms with Crippen LogP contribution < -0.4 is 5.32 Å². The largest absolute Gasteiger partial charge is 0.334 e. The Hall–Kier alpha value is -1.88. The SMILES string of the molecule is CN1CCCC[C@@H]1CC(=O)Nc1ccc2ncn(C)c2c1. The van der Waals surface area contributed by atoms with Gasteiger partial charge in [0.05, 0.1) is 17.4 Å². The average molecular weight is 286 g/mol. The Morgan fingerprint density at radius 3 is 3.05 bits per heavy atom. The molecule has 0 saturated carbocycles.